The molecule has 0 amide bonds. The van der Waals surface area contributed by atoms with E-state index in [9.17, 15) is 9.50 Å². The Morgan fingerprint density at radius 2 is 1.96 bits per heavy atom. The number of aromatic hydroxyl groups is 1. The molecule has 0 aromatic heterocycles. The Labute approximate surface area is 146 Å². The number of nitrogens with one attached hydrogen (secondary N) is 2. The molecule has 128 valence electrons. The summed E-state index contributed by atoms with van der Waals surface area (Å²) in [5.74, 6) is -0.368. The number of aliphatic imine (C=N–C) groups is 1. The maximum atomic E-state index is 13.4. The minimum atomic E-state index is -0.643. The molecule has 3 N–H and O–H groups in total. The van der Waals surface area contributed by atoms with E-state index in [1.54, 1.807) is 6.07 Å². The van der Waals surface area contributed by atoms with Crippen molar-refractivity contribution in [2.45, 2.75) is 26.4 Å². The first-order valence-electron chi connectivity index (χ1n) is 7.77. The number of phenolic OH excluding ortho intramolecular Hbond substituents is 1. The second-order valence-electron chi connectivity index (χ2n) is 5.40. The first-order chi connectivity index (χ1) is 11.5. The molecule has 0 saturated heterocycles. The van der Waals surface area contributed by atoms with Crippen molar-refractivity contribution in [1.82, 2.24) is 10.6 Å². The van der Waals surface area contributed by atoms with Gasteiger partial charge in [-0.25, -0.2) is 9.38 Å². The van der Waals surface area contributed by atoms with Crippen LogP contribution in [-0.2, 0) is 6.54 Å². The van der Waals surface area contributed by atoms with Gasteiger partial charge in [-0.2, -0.15) is 0 Å². The van der Waals surface area contributed by atoms with Gasteiger partial charge < -0.3 is 15.7 Å². The molecule has 0 fully saturated rings. The van der Waals surface area contributed by atoms with Gasteiger partial charge in [0.1, 0.15) is 0 Å². The molecule has 0 heterocycles. The van der Waals surface area contributed by atoms with Gasteiger partial charge in [0, 0.05) is 11.6 Å². The van der Waals surface area contributed by atoms with Gasteiger partial charge in [0.05, 0.1) is 12.6 Å². The largest absolute Gasteiger partial charge is 0.505 e. The van der Waals surface area contributed by atoms with Crippen LogP contribution < -0.4 is 10.6 Å². The lowest BCUT2D eigenvalue weighted by molar-refractivity contribution is 0.432. The lowest BCUT2D eigenvalue weighted by Gasteiger charge is -2.18. The third-order valence-electron chi connectivity index (χ3n) is 3.50. The monoisotopic (exact) mass is 349 g/mol. The van der Waals surface area contributed by atoms with Gasteiger partial charge in [0.2, 0.25) is 0 Å². The Hall–Kier alpha value is -2.27. The van der Waals surface area contributed by atoms with Crippen LogP contribution in [0.2, 0.25) is 5.02 Å². The van der Waals surface area contributed by atoms with Gasteiger partial charge in [-0.3, -0.25) is 0 Å². The molecule has 2 aromatic carbocycles. The zero-order chi connectivity index (χ0) is 17.5. The topological polar surface area (TPSA) is 56.7 Å². The minimum absolute atomic E-state index is 0.0385. The molecule has 0 aliphatic rings. The van der Waals surface area contributed by atoms with Crippen LogP contribution in [0.25, 0.3) is 0 Å². The summed E-state index contributed by atoms with van der Waals surface area (Å²) in [7, 11) is 0. The van der Waals surface area contributed by atoms with Crippen molar-refractivity contribution in [1.29, 1.82) is 0 Å². The summed E-state index contributed by atoms with van der Waals surface area (Å²) < 4.78 is 13.4. The molecule has 0 spiro atoms. The Morgan fingerprint density at radius 1 is 1.25 bits per heavy atom. The second-order valence-corrected chi connectivity index (χ2v) is 5.83. The van der Waals surface area contributed by atoms with E-state index < -0.39 is 5.82 Å². The molecule has 0 aliphatic carbocycles. The fourth-order valence-electron chi connectivity index (χ4n) is 2.18. The molecule has 2 rings (SSSR count). The highest BCUT2D eigenvalue weighted by molar-refractivity contribution is 6.30. The van der Waals surface area contributed by atoms with Crippen LogP contribution in [0.15, 0.2) is 47.5 Å². The summed E-state index contributed by atoms with van der Waals surface area (Å²) >= 11 is 5.91. The molecule has 1 unspecified atom stereocenters. The number of benzene rings is 2. The maximum absolute atomic E-state index is 13.4. The highest BCUT2D eigenvalue weighted by Crippen LogP contribution is 2.17. The predicted molar refractivity (Wildman–Crippen MR) is 95.9 cm³/mol. The third-order valence-corrected chi connectivity index (χ3v) is 3.75. The van der Waals surface area contributed by atoms with Crippen LogP contribution in [0.3, 0.4) is 0 Å². The second kappa shape index (κ2) is 8.55. The van der Waals surface area contributed by atoms with E-state index in [0.29, 0.717) is 29.6 Å². The number of hydrogen-bond acceptors (Lipinski definition) is 2. The summed E-state index contributed by atoms with van der Waals surface area (Å²) in [6.45, 7) is 5.02. The van der Waals surface area contributed by atoms with Crippen LogP contribution in [0.5, 0.6) is 5.75 Å². The Morgan fingerprint density at radius 3 is 2.58 bits per heavy atom. The first kappa shape index (κ1) is 18.1. The minimum Gasteiger partial charge on any atom is -0.505 e. The fraction of sp³-hybridized carbons (Fsp3) is 0.278. The van der Waals surface area contributed by atoms with Crippen LogP contribution in [0, 0.1) is 5.82 Å². The van der Waals surface area contributed by atoms with E-state index in [1.807, 2.05) is 38.1 Å². The van der Waals surface area contributed by atoms with Gasteiger partial charge in [-0.15, -0.1) is 0 Å². The summed E-state index contributed by atoms with van der Waals surface area (Å²) in [4.78, 5) is 4.46. The molecule has 0 radical (unpaired) electrons. The summed E-state index contributed by atoms with van der Waals surface area (Å²) in [5, 5.41) is 16.4. The zero-order valence-corrected chi connectivity index (χ0v) is 14.4. The van der Waals surface area contributed by atoms with Crippen molar-refractivity contribution in [3.63, 3.8) is 0 Å². The molecule has 4 nitrogen and oxygen atoms in total. The van der Waals surface area contributed by atoms with E-state index in [-0.39, 0.29) is 11.8 Å². The van der Waals surface area contributed by atoms with Gasteiger partial charge in [-0.1, -0.05) is 29.8 Å². The smallest absolute Gasteiger partial charge is 0.192 e. The lowest BCUT2D eigenvalue weighted by Crippen LogP contribution is -2.38. The van der Waals surface area contributed by atoms with Crippen LogP contribution in [0.4, 0.5) is 4.39 Å². The SMILES string of the molecule is CCNC(=NCc1ccc(O)c(F)c1)NC(C)c1ccc(Cl)cc1. The number of halogens is 2. The quantitative estimate of drug-likeness (QED) is 0.565. The number of phenols is 1. The lowest BCUT2D eigenvalue weighted by atomic mass is 10.1. The van der Waals surface area contributed by atoms with E-state index in [0.717, 1.165) is 5.56 Å². The molecule has 1 atom stereocenters. The van der Waals surface area contributed by atoms with Gasteiger partial charge in [0.25, 0.3) is 0 Å². The molecule has 24 heavy (non-hydrogen) atoms. The summed E-state index contributed by atoms with van der Waals surface area (Å²) in [5.41, 5.74) is 1.77. The van der Waals surface area contributed by atoms with Gasteiger partial charge in [-0.05, 0) is 49.2 Å². The Balaban J connectivity index is 2.07. The summed E-state index contributed by atoms with van der Waals surface area (Å²) in [6.07, 6.45) is 0. The Bertz CT molecular complexity index is 704. The van der Waals surface area contributed by atoms with Crippen molar-refractivity contribution in [2.75, 3.05) is 6.54 Å². The fourth-order valence-corrected chi connectivity index (χ4v) is 2.30. The molecule has 0 aliphatic heterocycles. The average Bonchev–Trinajstić information content (AvgIpc) is 2.56. The van der Waals surface area contributed by atoms with Gasteiger partial charge in [0.15, 0.2) is 17.5 Å². The highest BCUT2D eigenvalue weighted by atomic mass is 35.5. The van der Waals surface area contributed by atoms with Crippen molar-refractivity contribution in [3.05, 3.63) is 64.4 Å². The summed E-state index contributed by atoms with van der Waals surface area (Å²) in [6, 6.07) is 11.9. The standard InChI is InChI=1S/C18H21ClFN3O/c1-3-21-18(22-11-13-4-9-17(24)16(20)10-13)23-12(2)14-5-7-15(19)8-6-14/h4-10,12,24H,3,11H2,1-2H3,(H2,21,22,23). The number of hydrogen-bond donors (Lipinski definition) is 3. The molecule has 0 bridgehead atoms. The number of guanidine groups is 1. The van der Waals surface area contributed by atoms with E-state index in [2.05, 4.69) is 15.6 Å². The molecular formula is C18H21ClFN3O. The molecule has 0 saturated carbocycles. The molecular weight excluding hydrogens is 329 g/mol. The van der Waals surface area contributed by atoms with E-state index in [1.165, 1.54) is 12.1 Å². The van der Waals surface area contributed by atoms with E-state index >= 15 is 0 Å². The molecule has 2 aromatic rings. The molecule has 6 heteroatoms. The van der Waals surface area contributed by atoms with Crippen LogP contribution in [0.1, 0.15) is 31.0 Å². The third kappa shape index (κ3) is 5.13. The van der Waals surface area contributed by atoms with E-state index in [4.69, 9.17) is 11.6 Å². The van der Waals surface area contributed by atoms with Crippen LogP contribution in [-0.4, -0.2) is 17.6 Å². The Kier molecular flexibility index (Phi) is 6.44. The zero-order valence-electron chi connectivity index (χ0n) is 13.7. The maximum Gasteiger partial charge on any atom is 0.192 e. The normalized spacial score (nSPS) is 12.8. The average molecular weight is 350 g/mol. The van der Waals surface area contributed by atoms with Crippen molar-refractivity contribution < 1.29 is 9.50 Å². The first-order valence-corrected chi connectivity index (χ1v) is 8.15. The highest BCUT2D eigenvalue weighted by Gasteiger charge is 2.08. The number of rotatable bonds is 5. The number of nitrogens with zero attached hydrogens (tertiary/aromatic N) is 1. The van der Waals surface area contributed by atoms with Gasteiger partial charge >= 0.3 is 0 Å². The van der Waals surface area contributed by atoms with Crippen LogP contribution >= 0.6 is 11.6 Å². The predicted octanol–water partition coefficient (Wildman–Crippen LogP) is 4.00. The van der Waals surface area contributed by atoms with Crippen molar-refractivity contribution in [2.24, 2.45) is 4.99 Å². The van der Waals surface area contributed by atoms with Crippen molar-refractivity contribution >= 4 is 17.6 Å². The van der Waals surface area contributed by atoms with Crippen molar-refractivity contribution in [3.8, 4) is 5.75 Å².